The SMILES string of the molecule is CC1(C)[C@H](C=CC=C(Cl)Cl)[C@H]1C(=O)O. The zero-order valence-electron chi connectivity index (χ0n) is 8.00. The van der Waals surface area contributed by atoms with Gasteiger partial charge < -0.3 is 5.11 Å². The Morgan fingerprint density at radius 3 is 2.36 bits per heavy atom. The highest BCUT2D eigenvalue weighted by atomic mass is 35.5. The molecule has 0 aliphatic heterocycles. The van der Waals surface area contributed by atoms with Crippen molar-refractivity contribution in [1.29, 1.82) is 0 Å². The average molecular weight is 235 g/mol. The van der Waals surface area contributed by atoms with E-state index in [1.54, 1.807) is 6.08 Å². The molecule has 0 amide bonds. The zero-order valence-corrected chi connectivity index (χ0v) is 9.51. The van der Waals surface area contributed by atoms with Crippen LogP contribution >= 0.6 is 23.2 Å². The number of halogens is 2. The number of carboxylic acids is 1. The fourth-order valence-corrected chi connectivity index (χ4v) is 1.90. The van der Waals surface area contributed by atoms with Crippen molar-refractivity contribution in [3.8, 4) is 0 Å². The smallest absolute Gasteiger partial charge is 0.307 e. The lowest BCUT2D eigenvalue weighted by Crippen LogP contribution is -2.02. The largest absolute Gasteiger partial charge is 0.481 e. The summed E-state index contributed by atoms with van der Waals surface area (Å²) in [6, 6.07) is 0. The van der Waals surface area contributed by atoms with E-state index < -0.39 is 5.97 Å². The highest BCUT2D eigenvalue weighted by Crippen LogP contribution is 2.59. The highest BCUT2D eigenvalue weighted by Gasteiger charge is 2.60. The Morgan fingerprint density at radius 1 is 1.43 bits per heavy atom. The molecule has 0 aromatic carbocycles. The van der Waals surface area contributed by atoms with Gasteiger partial charge in [-0.05, 0) is 17.4 Å². The van der Waals surface area contributed by atoms with Crippen molar-refractivity contribution < 1.29 is 9.90 Å². The van der Waals surface area contributed by atoms with Gasteiger partial charge in [0.2, 0.25) is 0 Å². The summed E-state index contributed by atoms with van der Waals surface area (Å²) < 4.78 is 0.173. The summed E-state index contributed by atoms with van der Waals surface area (Å²) in [4.78, 5) is 10.8. The van der Waals surface area contributed by atoms with Crippen LogP contribution < -0.4 is 0 Å². The standard InChI is InChI=1S/C10H12Cl2O2/c1-10(2)6(8(10)9(13)14)4-3-5-7(11)12/h3-6,8H,1-2H3,(H,13,14)/t6-,8+/m1/s1. The first kappa shape index (κ1) is 11.6. The average Bonchev–Trinajstić information content (AvgIpc) is 2.52. The minimum Gasteiger partial charge on any atom is -0.481 e. The molecule has 0 unspecified atom stereocenters. The maximum absolute atomic E-state index is 10.8. The summed E-state index contributed by atoms with van der Waals surface area (Å²) in [5, 5.41) is 8.87. The van der Waals surface area contributed by atoms with Crippen LogP contribution in [0, 0.1) is 17.3 Å². The second-order valence-corrected chi connectivity index (χ2v) is 5.01. The van der Waals surface area contributed by atoms with E-state index in [2.05, 4.69) is 0 Å². The molecule has 0 spiro atoms. The minimum atomic E-state index is -0.745. The third kappa shape index (κ3) is 2.31. The van der Waals surface area contributed by atoms with E-state index >= 15 is 0 Å². The summed E-state index contributed by atoms with van der Waals surface area (Å²) >= 11 is 10.8. The molecule has 2 atom stereocenters. The molecular formula is C10H12Cl2O2. The molecule has 0 bridgehead atoms. The summed E-state index contributed by atoms with van der Waals surface area (Å²) in [5.41, 5.74) is -0.158. The zero-order chi connectivity index (χ0) is 10.9. The van der Waals surface area contributed by atoms with Gasteiger partial charge in [0.05, 0.1) is 5.92 Å². The summed E-state index contributed by atoms with van der Waals surface area (Å²) in [6.07, 6.45) is 5.07. The van der Waals surface area contributed by atoms with E-state index in [9.17, 15) is 4.79 Å². The van der Waals surface area contributed by atoms with Gasteiger partial charge in [-0.1, -0.05) is 49.2 Å². The Bertz CT molecular complexity index is 301. The van der Waals surface area contributed by atoms with Crippen LogP contribution in [0.2, 0.25) is 0 Å². The number of carboxylic acid groups (broad SMARTS) is 1. The van der Waals surface area contributed by atoms with E-state index in [1.807, 2.05) is 19.9 Å². The van der Waals surface area contributed by atoms with Crippen LogP contribution in [0.15, 0.2) is 22.7 Å². The number of rotatable bonds is 3. The second-order valence-electron chi connectivity index (χ2n) is 4.00. The van der Waals surface area contributed by atoms with E-state index in [4.69, 9.17) is 28.3 Å². The molecule has 0 heterocycles. The third-order valence-corrected chi connectivity index (χ3v) is 2.97. The molecule has 1 aliphatic rings. The van der Waals surface area contributed by atoms with Crippen LogP contribution in [0.4, 0.5) is 0 Å². The lowest BCUT2D eigenvalue weighted by atomic mass is 10.1. The third-order valence-electron chi connectivity index (χ3n) is 2.72. The van der Waals surface area contributed by atoms with Gasteiger partial charge in [0.1, 0.15) is 4.49 Å². The monoisotopic (exact) mass is 234 g/mol. The number of hydrogen-bond acceptors (Lipinski definition) is 1. The molecule has 4 heteroatoms. The second kappa shape index (κ2) is 3.95. The van der Waals surface area contributed by atoms with Gasteiger partial charge in [0.25, 0.3) is 0 Å². The van der Waals surface area contributed by atoms with Crippen molar-refractivity contribution >= 4 is 29.2 Å². The van der Waals surface area contributed by atoms with E-state index in [0.29, 0.717) is 0 Å². The Hall–Kier alpha value is -0.470. The summed E-state index contributed by atoms with van der Waals surface area (Å²) in [6.45, 7) is 3.87. The number of aliphatic carboxylic acids is 1. The van der Waals surface area contributed by atoms with Gasteiger partial charge in [-0.25, -0.2) is 0 Å². The molecule has 1 saturated carbocycles. The highest BCUT2D eigenvalue weighted by molar-refractivity contribution is 6.55. The van der Waals surface area contributed by atoms with Crippen molar-refractivity contribution in [2.75, 3.05) is 0 Å². The van der Waals surface area contributed by atoms with Crippen LogP contribution in [0.25, 0.3) is 0 Å². The Morgan fingerprint density at radius 2 is 2.00 bits per heavy atom. The molecule has 1 aliphatic carbocycles. The van der Waals surface area contributed by atoms with E-state index in [-0.39, 0.29) is 21.7 Å². The predicted octanol–water partition coefficient (Wildman–Crippen LogP) is 3.22. The quantitative estimate of drug-likeness (QED) is 0.762. The maximum atomic E-state index is 10.8. The predicted molar refractivity (Wildman–Crippen MR) is 57.3 cm³/mol. The van der Waals surface area contributed by atoms with Crippen LogP contribution in [0.1, 0.15) is 13.8 Å². The molecule has 1 fully saturated rings. The molecular weight excluding hydrogens is 223 g/mol. The van der Waals surface area contributed by atoms with Gasteiger partial charge in [0.15, 0.2) is 0 Å². The molecule has 1 rings (SSSR count). The summed E-state index contributed by atoms with van der Waals surface area (Å²) in [7, 11) is 0. The minimum absolute atomic E-state index is 0.0731. The van der Waals surface area contributed by atoms with Crippen LogP contribution in [0.5, 0.6) is 0 Å². The van der Waals surface area contributed by atoms with E-state index in [0.717, 1.165) is 0 Å². The Balaban J connectivity index is 2.62. The first-order chi connectivity index (χ1) is 6.37. The number of carbonyl (C=O) groups is 1. The molecule has 78 valence electrons. The van der Waals surface area contributed by atoms with E-state index in [1.165, 1.54) is 6.08 Å². The number of allylic oxidation sites excluding steroid dienone is 3. The topological polar surface area (TPSA) is 37.3 Å². The molecule has 0 radical (unpaired) electrons. The van der Waals surface area contributed by atoms with Gasteiger partial charge in [-0.3, -0.25) is 4.79 Å². The lowest BCUT2D eigenvalue weighted by Gasteiger charge is -1.95. The molecule has 0 saturated heterocycles. The van der Waals surface area contributed by atoms with Crippen LogP contribution in [-0.2, 0) is 4.79 Å². The Kier molecular flexibility index (Phi) is 3.28. The fraction of sp³-hybridized carbons (Fsp3) is 0.500. The molecule has 2 nitrogen and oxygen atoms in total. The van der Waals surface area contributed by atoms with Gasteiger partial charge in [-0.15, -0.1) is 0 Å². The van der Waals surface area contributed by atoms with Crippen molar-refractivity contribution in [2.24, 2.45) is 17.3 Å². The van der Waals surface area contributed by atoms with Gasteiger partial charge in [0, 0.05) is 0 Å². The van der Waals surface area contributed by atoms with Gasteiger partial charge in [-0.2, -0.15) is 0 Å². The molecule has 1 N–H and O–H groups in total. The van der Waals surface area contributed by atoms with Crippen molar-refractivity contribution in [1.82, 2.24) is 0 Å². The van der Waals surface area contributed by atoms with Crippen molar-refractivity contribution in [3.05, 3.63) is 22.7 Å². The summed E-state index contributed by atoms with van der Waals surface area (Å²) in [5.74, 6) is -0.962. The van der Waals surface area contributed by atoms with Crippen LogP contribution in [-0.4, -0.2) is 11.1 Å². The fourth-order valence-electron chi connectivity index (χ4n) is 1.76. The normalized spacial score (nSPS) is 28.9. The first-order valence-electron chi connectivity index (χ1n) is 4.29. The molecule has 14 heavy (non-hydrogen) atoms. The first-order valence-corrected chi connectivity index (χ1v) is 5.05. The number of hydrogen-bond donors (Lipinski definition) is 1. The maximum Gasteiger partial charge on any atom is 0.307 e. The van der Waals surface area contributed by atoms with Crippen LogP contribution in [0.3, 0.4) is 0 Å². The Labute approximate surface area is 93.2 Å². The van der Waals surface area contributed by atoms with Gasteiger partial charge >= 0.3 is 5.97 Å². The van der Waals surface area contributed by atoms with Crippen molar-refractivity contribution in [3.63, 3.8) is 0 Å². The lowest BCUT2D eigenvalue weighted by molar-refractivity contribution is -0.139. The van der Waals surface area contributed by atoms with Crippen molar-refractivity contribution in [2.45, 2.75) is 13.8 Å². The molecule has 0 aromatic rings. The molecule has 0 aromatic heterocycles.